The lowest BCUT2D eigenvalue weighted by Crippen LogP contribution is -2.37. The number of carbonyl (C=O) groups excluding carboxylic acids is 2. The van der Waals surface area contributed by atoms with Crippen LogP contribution in [0.4, 0.5) is 0 Å². The standard InChI is InChI=1S/C21H24N2O2/c1-16-4-8-18(9-5-16)20(24)22-12-3-13-23(15-14-22)21(25)19-10-6-17(2)7-11-19/h4-11H,3,12-15H2,1-2H3. The van der Waals surface area contributed by atoms with Crippen LogP contribution in [-0.4, -0.2) is 47.8 Å². The SMILES string of the molecule is Cc1ccc(C(=O)N2CCCN(C(=O)c3ccc(C)cc3)CC2)cc1. The predicted octanol–water partition coefficient (Wildman–Crippen LogP) is 3.29. The minimum atomic E-state index is 0.0460. The van der Waals surface area contributed by atoms with E-state index in [1.54, 1.807) is 0 Å². The van der Waals surface area contributed by atoms with Gasteiger partial charge in [-0.1, -0.05) is 35.4 Å². The summed E-state index contributed by atoms with van der Waals surface area (Å²) in [6, 6.07) is 15.3. The molecule has 0 saturated carbocycles. The molecule has 2 amide bonds. The van der Waals surface area contributed by atoms with Crippen molar-refractivity contribution in [2.24, 2.45) is 0 Å². The van der Waals surface area contributed by atoms with Gasteiger partial charge in [-0.3, -0.25) is 9.59 Å². The number of hydrogen-bond donors (Lipinski definition) is 0. The average Bonchev–Trinajstić information content (AvgIpc) is 2.88. The van der Waals surface area contributed by atoms with Gasteiger partial charge in [-0.25, -0.2) is 0 Å². The van der Waals surface area contributed by atoms with Gasteiger partial charge in [0.2, 0.25) is 0 Å². The van der Waals surface area contributed by atoms with Crippen LogP contribution in [0.1, 0.15) is 38.3 Å². The summed E-state index contributed by atoms with van der Waals surface area (Å²) in [5.74, 6) is 0.0919. The van der Waals surface area contributed by atoms with E-state index >= 15 is 0 Å². The minimum Gasteiger partial charge on any atom is -0.337 e. The van der Waals surface area contributed by atoms with Crippen molar-refractivity contribution in [3.8, 4) is 0 Å². The highest BCUT2D eigenvalue weighted by Crippen LogP contribution is 2.13. The second-order valence-electron chi connectivity index (χ2n) is 6.67. The summed E-state index contributed by atoms with van der Waals surface area (Å²) in [6.45, 7) is 6.53. The molecular formula is C21H24N2O2. The lowest BCUT2D eigenvalue weighted by molar-refractivity contribution is 0.0718. The first-order chi connectivity index (χ1) is 12.0. The van der Waals surface area contributed by atoms with Crippen LogP contribution in [0.2, 0.25) is 0 Å². The fourth-order valence-corrected chi connectivity index (χ4v) is 3.08. The van der Waals surface area contributed by atoms with Crippen molar-refractivity contribution < 1.29 is 9.59 Å². The molecule has 0 N–H and O–H groups in total. The smallest absolute Gasteiger partial charge is 0.253 e. The van der Waals surface area contributed by atoms with Gasteiger partial charge < -0.3 is 9.80 Å². The Morgan fingerprint density at radius 3 is 1.36 bits per heavy atom. The summed E-state index contributed by atoms with van der Waals surface area (Å²) < 4.78 is 0. The third kappa shape index (κ3) is 4.08. The fraction of sp³-hybridized carbons (Fsp3) is 0.333. The molecule has 0 atom stereocenters. The largest absolute Gasteiger partial charge is 0.337 e. The zero-order valence-electron chi connectivity index (χ0n) is 14.9. The van der Waals surface area contributed by atoms with Crippen LogP contribution in [0, 0.1) is 13.8 Å². The molecule has 0 spiro atoms. The van der Waals surface area contributed by atoms with Crippen molar-refractivity contribution in [2.45, 2.75) is 20.3 Å². The van der Waals surface area contributed by atoms with Crippen molar-refractivity contribution in [2.75, 3.05) is 26.2 Å². The molecule has 0 aliphatic carbocycles. The highest BCUT2D eigenvalue weighted by molar-refractivity contribution is 5.95. The van der Waals surface area contributed by atoms with Gasteiger partial charge >= 0.3 is 0 Å². The maximum atomic E-state index is 12.7. The summed E-state index contributed by atoms with van der Waals surface area (Å²) in [6.07, 6.45) is 0.801. The molecule has 2 aromatic carbocycles. The highest BCUT2D eigenvalue weighted by atomic mass is 16.2. The van der Waals surface area contributed by atoms with Crippen molar-refractivity contribution in [3.05, 3.63) is 70.8 Å². The molecule has 4 heteroatoms. The van der Waals surface area contributed by atoms with E-state index in [4.69, 9.17) is 0 Å². The molecule has 2 aromatic rings. The van der Waals surface area contributed by atoms with Crippen LogP contribution < -0.4 is 0 Å². The van der Waals surface area contributed by atoms with E-state index < -0.39 is 0 Å². The lowest BCUT2D eigenvalue weighted by atomic mass is 10.1. The zero-order chi connectivity index (χ0) is 17.8. The number of benzene rings is 2. The normalized spacial score (nSPS) is 15.0. The van der Waals surface area contributed by atoms with E-state index in [0.717, 1.165) is 17.5 Å². The van der Waals surface area contributed by atoms with Crippen molar-refractivity contribution >= 4 is 11.8 Å². The van der Waals surface area contributed by atoms with Gasteiger partial charge in [0, 0.05) is 37.3 Å². The van der Waals surface area contributed by atoms with E-state index in [2.05, 4.69) is 0 Å². The molecule has 1 aliphatic heterocycles. The van der Waals surface area contributed by atoms with Gasteiger partial charge in [0.1, 0.15) is 0 Å². The molecule has 0 bridgehead atoms. The van der Waals surface area contributed by atoms with Gasteiger partial charge in [-0.2, -0.15) is 0 Å². The van der Waals surface area contributed by atoms with Crippen LogP contribution in [0.15, 0.2) is 48.5 Å². The lowest BCUT2D eigenvalue weighted by Gasteiger charge is -2.22. The fourth-order valence-electron chi connectivity index (χ4n) is 3.08. The van der Waals surface area contributed by atoms with E-state index in [1.807, 2.05) is 72.2 Å². The van der Waals surface area contributed by atoms with Crippen LogP contribution >= 0.6 is 0 Å². The molecule has 0 radical (unpaired) electrons. The molecular weight excluding hydrogens is 312 g/mol. The molecule has 1 saturated heterocycles. The molecule has 1 aliphatic rings. The van der Waals surface area contributed by atoms with Gasteiger partial charge in [0.15, 0.2) is 0 Å². The molecule has 25 heavy (non-hydrogen) atoms. The quantitative estimate of drug-likeness (QED) is 0.844. The van der Waals surface area contributed by atoms with Crippen LogP contribution in [0.5, 0.6) is 0 Å². The van der Waals surface area contributed by atoms with Crippen LogP contribution in [0.25, 0.3) is 0 Å². The Labute approximate surface area is 149 Å². The number of rotatable bonds is 2. The summed E-state index contributed by atoms with van der Waals surface area (Å²) in [5.41, 5.74) is 3.71. The van der Waals surface area contributed by atoms with Gasteiger partial charge in [0.25, 0.3) is 11.8 Å². The molecule has 0 aromatic heterocycles. The summed E-state index contributed by atoms with van der Waals surface area (Å²) >= 11 is 0. The summed E-state index contributed by atoms with van der Waals surface area (Å²) in [5, 5.41) is 0. The molecule has 1 heterocycles. The van der Waals surface area contributed by atoms with Crippen LogP contribution in [0.3, 0.4) is 0 Å². The number of amides is 2. The number of carbonyl (C=O) groups is 2. The molecule has 130 valence electrons. The van der Waals surface area contributed by atoms with Gasteiger partial charge in [0.05, 0.1) is 0 Å². The number of hydrogen-bond acceptors (Lipinski definition) is 2. The van der Waals surface area contributed by atoms with E-state index in [1.165, 1.54) is 0 Å². The Hall–Kier alpha value is -2.62. The molecule has 3 rings (SSSR count). The predicted molar refractivity (Wildman–Crippen MR) is 98.8 cm³/mol. The Balaban J connectivity index is 1.65. The molecule has 4 nitrogen and oxygen atoms in total. The molecule has 0 unspecified atom stereocenters. The third-order valence-electron chi connectivity index (χ3n) is 4.67. The monoisotopic (exact) mass is 336 g/mol. The van der Waals surface area contributed by atoms with E-state index in [-0.39, 0.29) is 11.8 Å². The topological polar surface area (TPSA) is 40.6 Å². The second kappa shape index (κ2) is 7.51. The average molecular weight is 336 g/mol. The third-order valence-corrected chi connectivity index (χ3v) is 4.67. The van der Waals surface area contributed by atoms with E-state index in [0.29, 0.717) is 37.3 Å². The maximum absolute atomic E-state index is 12.7. The van der Waals surface area contributed by atoms with Crippen molar-refractivity contribution in [3.63, 3.8) is 0 Å². The Bertz CT molecular complexity index is 685. The second-order valence-corrected chi connectivity index (χ2v) is 6.67. The maximum Gasteiger partial charge on any atom is 0.253 e. The molecule has 1 fully saturated rings. The minimum absolute atomic E-state index is 0.0460. The number of nitrogens with zero attached hydrogens (tertiary/aromatic N) is 2. The number of aryl methyl sites for hydroxylation is 2. The Morgan fingerprint density at radius 2 is 1.00 bits per heavy atom. The Kier molecular flexibility index (Phi) is 5.17. The highest BCUT2D eigenvalue weighted by Gasteiger charge is 2.23. The first kappa shape index (κ1) is 17.2. The summed E-state index contributed by atoms with van der Waals surface area (Å²) in [7, 11) is 0. The van der Waals surface area contributed by atoms with Crippen molar-refractivity contribution in [1.82, 2.24) is 9.80 Å². The van der Waals surface area contributed by atoms with Gasteiger partial charge in [-0.15, -0.1) is 0 Å². The first-order valence-electron chi connectivity index (χ1n) is 8.76. The zero-order valence-corrected chi connectivity index (χ0v) is 14.9. The summed E-state index contributed by atoms with van der Waals surface area (Å²) in [4.78, 5) is 29.0. The van der Waals surface area contributed by atoms with Crippen LogP contribution in [-0.2, 0) is 0 Å². The Morgan fingerprint density at radius 1 is 0.640 bits per heavy atom. The first-order valence-corrected chi connectivity index (χ1v) is 8.76. The van der Waals surface area contributed by atoms with Crippen molar-refractivity contribution in [1.29, 1.82) is 0 Å². The van der Waals surface area contributed by atoms with E-state index in [9.17, 15) is 9.59 Å². The van der Waals surface area contributed by atoms with Gasteiger partial charge in [-0.05, 0) is 44.5 Å².